The molecule has 0 saturated carbocycles. The first-order chi connectivity index (χ1) is 18.0. The van der Waals surface area contributed by atoms with Gasteiger partial charge in [0.1, 0.15) is 15.9 Å². The molecule has 1 aromatic carbocycles. The molecule has 1 aliphatic carbocycles. The van der Waals surface area contributed by atoms with Gasteiger partial charge in [-0.1, -0.05) is 35.3 Å². The maximum atomic E-state index is 12.8. The minimum absolute atomic E-state index is 0.0859. The van der Waals surface area contributed by atoms with Gasteiger partial charge in [0, 0.05) is 30.2 Å². The summed E-state index contributed by atoms with van der Waals surface area (Å²) < 4.78 is 29.5. The Kier molecular flexibility index (Phi) is 8.51. The van der Waals surface area contributed by atoms with Crippen molar-refractivity contribution in [2.75, 3.05) is 23.4 Å². The summed E-state index contributed by atoms with van der Waals surface area (Å²) in [6, 6.07) is 6.02. The second kappa shape index (κ2) is 11.3. The molecule has 1 aromatic heterocycles. The van der Waals surface area contributed by atoms with Gasteiger partial charge < -0.3 is 15.4 Å². The van der Waals surface area contributed by atoms with Crippen molar-refractivity contribution in [2.24, 2.45) is 5.41 Å². The van der Waals surface area contributed by atoms with Crippen molar-refractivity contribution in [1.29, 1.82) is 0 Å². The van der Waals surface area contributed by atoms with E-state index in [0.29, 0.717) is 15.9 Å². The number of hydrogen-bond donors (Lipinski definition) is 2. The molecule has 1 atom stereocenters. The van der Waals surface area contributed by atoms with E-state index in [1.165, 1.54) is 12.4 Å². The van der Waals surface area contributed by atoms with Gasteiger partial charge in [0.2, 0.25) is 0 Å². The van der Waals surface area contributed by atoms with Gasteiger partial charge in [0.25, 0.3) is 5.91 Å². The Morgan fingerprint density at radius 3 is 2.32 bits per heavy atom. The molecule has 0 bridgehead atoms. The average Bonchev–Trinajstić information content (AvgIpc) is 2.87. The van der Waals surface area contributed by atoms with Crippen molar-refractivity contribution < 1.29 is 27.5 Å². The third kappa shape index (κ3) is 5.75. The van der Waals surface area contributed by atoms with Crippen molar-refractivity contribution in [3.63, 3.8) is 0 Å². The molecule has 1 spiro atoms. The largest absolute Gasteiger partial charge is 0.464 e. The van der Waals surface area contributed by atoms with E-state index in [2.05, 4.69) is 31.5 Å². The molecule has 202 valence electrons. The monoisotopic (exact) mass is 643 g/mol. The Bertz CT molecular complexity index is 1390. The first-order valence-corrected chi connectivity index (χ1v) is 15.1. The SMILES string of the molecule is CCOC(=O)[C@H](Cc1ccc(NC(=O)c2c(Cl)cncc2Cl)cc1)NC1=C(Br)C(=O)C12CCS(=O)(=O)CC2. The van der Waals surface area contributed by atoms with E-state index < -0.39 is 33.2 Å². The molecule has 2 N–H and O–H groups in total. The molecule has 2 aliphatic rings. The van der Waals surface area contributed by atoms with E-state index in [-0.39, 0.29) is 58.8 Å². The number of nitrogens with zero attached hydrogens (tertiary/aromatic N) is 1. The fourth-order valence-electron chi connectivity index (χ4n) is 4.54. The maximum absolute atomic E-state index is 12.8. The average molecular weight is 645 g/mol. The normalized spacial score (nSPS) is 18.5. The van der Waals surface area contributed by atoms with Crippen LogP contribution in [0.25, 0.3) is 0 Å². The molecular formula is C25H24BrCl2N3O6S. The summed E-state index contributed by atoms with van der Waals surface area (Å²) in [4.78, 5) is 42.0. The topological polar surface area (TPSA) is 132 Å². The Morgan fingerprint density at radius 1 is 1.13 bits per heavy atom. The number of anilines is 1. The molecule has 0 unspecified atom stereocenters. The number of amides is 1. The van der Waals surface area contributed by atoms with Crippen molar-refractivity contribution in [1.82, 2.24) is 10.3 Å². The van der Waals surface area contributed by atoms with Gasteiger partial charge in [-0.25, -0.2) is 13.2 Å². The molecular weight excluding hydrogens is 621 g/mol. The number of rotatable bonds is 8. The smallest absolute Gasteiger partial charge is 0.328 e. The number of benzene rings is 1. The molecule has 2 heterocycles. The zero-order chi connectivity index (χ0) is 27.7. The second-order valence-electron chi connectivity index (χ2n) is 9.03. The van der Waals surface area contributed by atoms with Gasteiger partial charge in [-0.3, -0.25) is 14.6 Å². The van der Waals surface area contributed by atoms with Crippen LogP contribution >= 0.6 is 39.1 Å². The van der Waals surface area contributed by atoms with Crippen LogP contribution in [-0.2, 0) is 30.6 Å². The van der Waals surface area contributed by atoms with Gasteiger partial charge in [-0.15, -0.1) is 0 Å². The molecule has 1 saturated heterocycles. The zero-order valence-corrected chi connectivity index (χ0v) is 24.1. The molecule has 0 radical (unpaired) electrons. The minimum Gasteiger partial charge on any atom is -0.464 e. The Morgan fingerprint density at radius 2 is 1.74 bits per heavy atom. The maximum Gasteiger partial charge on any atom is 0.328 e. The lowest BCUT2D eigenvalue weighted by Gasteiger charge is -2.46. The van der Waals surface area contributed by atoms with E-state index in [9.17, 15) is 22.8 Å². The van der Waals surface area contributed by atoms with E-state index in [0.717, 1.165) is 5.56 Å². The molecule has 2 aromatic rings. The van der Waals surface area contributed by atoms with E-state index >= 15 is 0 Å². The number of esters is 1. The van der Waals surface area contributed by atoms with E-state index in [1.54, 1.807) is 31.2 Å². The molecule has 1 fully saturated rings. The van der Waals surface area contributed by atoms with E-state index in [4.69, 9.17) is 27.9 Å². The van der Waals surface area contributed by atoms with Crippen LogP contribution in [0.2, 0.25) is 10.0 Å². The summed E-state index contributed by atoms with van der Waals surface area (Å²) in [6.45, 7) is 1.87. The van der Waals surface area contributed by atoms with Crippen LogP contribution < -0.4 is 10.6 Å². The molecule has 38 heavy (non-hydrogen) atoms. The number of aromatic nitrogens is 1. The summed E-state index contributed by atoms with van der Waals surface area (Å²) in [5.74, 6) is -1.33. The number of carbonyl (C=O) groups is 3. The third-order valence-corrected chi connectivity index (χ3v) is 9.62. The van der Waals surface area contributed by atoms with Crippen molar-refractivity contribution in [3.8, 4) is 0 Å². The van der Waals surface area contributed by atoms with Crippen LogP contribution in [0.1, 0.15) is 35.7 Å². The molecule has 9 nitrogen and oxygen atoms in total. The highest BCUT2D eigenvalue weighted by molar-refractivity contribution is 9.12. The van der Waals surface area contributed by atoms with Crippen LogP contribution in [0, 0.1) is 5.41 Å². The summed E-state index contributed by atoms with van der Waals surface area (Å²) in [7, 11) is -3.19. The fraction of sp³-hybridized carbons (Fsp3) is 0.360. The summed E-state index contributed by atoms with van der Waals surface area (Å²) >= 11 is 15.4. The zero-order valence-electron chi connectivity index (χ0n) is 20.2. The summed E-state index contributed by atoms with van der Waals surface area (Å²) in [5, 5.41) is 6.15. The van der Waals surface area contributed by atoms with Gasteiger partial charge in [-0.05, 0) is 53.4 Å². The number of hydrogen-bond acceptors (Lipinski definition) is 8. The Labute approximate surface area is 238 Å². The number of ketones is 1. The van der Waals surface area contributed by atoms with Gasteiger partial charge in [0.05, 0.1) is 43.6 Å². The number of Topliss-reactive ketones (excluding diaryl/α,β-unsaturated/α-hetero) is 1. The number of pyridine rings is 1. The highest BCUT2D eigenvalue weighted by atomic mass is 79.9. The standard InChI is InChI=1S/C25H24BrCl2N3O6S/c1-2-37-24(34)18(31-21-20(26)22(32)25(21)7-9-38(35,36)10-8-25)11-14-3-5-15(6-4-14)30-23(33)19-16(27)12-29-13-17(19)28/h3-6,12-13,18,31H,2,7-11H2,1H3,(H,30,33)/t18-/m0/s1. The van der Waals surface area contributed by atoms with Gasteiger partial charge >= 0.3 is 5.97 Å². The number of allylic oxidation sites excluding steroid dienone is 2. The van der Waals surface area contributed by atoms with Crippen LogP contribution in [-0.4, -0.2) is 55.2 Å². The van der Waals surface area contributed by atoms with Crippen LogP contribution in [0.3, 0.4) is 0 Å². The van der Waals surface area contributed by atoms with Crippen molar-refractivity contribution in [3.05, 3.63) is 68.0 Å². The van der Waals surface area contributed by atoms with Gasteiger partial charge in [-0.2, -0.15) is 0 Å². The molecule has 13 heteroatoms. The summed E-state index contributed by atoms with van der Waals surface area (Å²) in [6.07, 6.45) is 3.21. The lowest BCUT2D eigenvalue weighted by Crippen LogP contribution is -2.55. The first-order valence-electron chi connectivity index (χ1n) is 11.8. The van der Waals surface area contributed by atoms with Crippen LogP contribution in [0.15, 0.2) is 46.8 Å². The number of carbonyl (C=O) groups excluding carboxylic acids is 3. The molecule has 4 rings (SSSR count). The first kappa shape index (κ1) is 28.5. The molecule has 1 aliphatic heterocycles. The van der Waals surface area contributed by atoms with Crippen LogP contribution in [0.5, 0.6) is 0 Å². The number of ether oxygens (including phenoxy) is 1. The lowest BCUT2D eigenvalue weighted by molar-refractivity contribution is -0.146. The minimum atomic E-state index is -3.19. The highest BCUT2D eigenvalue weighted by Crippen LogP contribution is 2.51. The summed E-state index contributed by atoms with van der Waals surface area (Å²) in [5.41, 5.74) is 0.943. The number of halogens is 3. The van der Waals surface area contributed by atoms with E-state index in [1.807, 2.05) is 0 Å². The number of sulfone groups is 1. The lowest BCUT2D eigenvalue weighted by atomic mass is 9.67. The van der Waals surface area contributed by atoms with Crippen molar-refractivity contribution >= 4 is 72.3 Å². The van der Waals surface area contributed by atoms with Crippen molar-refractivity contribution in [2.45, 2.75) is 32.2 Å². The molecule has 1 amide bonds. The van der Waals surface area contributed by atoms with Gasteiger partial charge in [0.15, 0.2) is 5.78 Å². The number of nitrogens with one attached hydrogen (secondary N) is 2. The predicted octanol–water partition coefficient (Wildman–Crippen LogP) is 4.09. The third-order valence-electron chi connectivity index (χ3n) is 6.63. The highest BCUT2D eigenvalue weighted by Gasteiger charge is 2.56. The van der Waals surface area contributed by atoms with Crippen LogP contribution in [0.4, 0.5) is 5.69 Å². The fourth-order valence-corrected chi connectivity index (χ4v) is 7.47. The quantitative estimate of drug-likeness (QED) is 0.411. The predicted molar refractivity (Wildman–Crippen MR) is 147 cm³/mol. The Hall–Kier alpha value is -2.47. The second-order valence-corrected chi connectivity index (χ2v) is 12.9. The Balaban J connectivity index is 1.49.